The Morgan fingerprint density at radius 2 is 2.24 bits per heavy atom. The molecule has 0 saturated heterocycles. The van der Waals surface area contributed by atoms with E-state index in [2.05, 4.69) is 0 Å². The van der Waals surface area contributed by atoms with Crippen molar-refractivity contribution >= 4 is 17.1 Å². The van der Waals surface area contributed by atoms with Crippen molar-refractivity contribution in [1.82, 2.24) is 0 Å². The molecule has 0 aliphatic rings. The van der Waals surface area contributed by atoms with Gasteiger partial charge in [-0.05, 0) is 30.5 Å². The summed E-state index contributed by atoms with van der Waals surface area (Å²) in [4.78, 5) is 12.4. The van der Waals surface area contributed by atoms with E-state index in [4.69, 9.17) is 4.74 Å². The van der Waals surface area contributed by atoms with Crippen molar-refractivity contribution < 1.29 is 13.9 Å². The molecule has 0 radical (unpaired) electrons. The van der Waals surface area contributed by atoms with Gasteiger partial charge in [0.1, 0.15) is 18.2 Å². The van der Waals surface area contributed by atoms with Crippen molar-refractivity contribution in [1.29, 1.82) is 0 Å². The SMILES string of the molecule is CC(=O)c1ccc(F)cc1OCc1cccs1. The largest absolute Gasteiger partial charge is 0.487 e. The molecule has 2 rings (SSSR count). The number of thiophene rings is 1. The van der Waals surface area contributed by atoms with Crippen molar-refractivity contribution in [3.05, 3.63) is 52.0 Å². The number of ketones is 1. The quantitative estimate of drug-likeness (QED) is 0.774. The monoisotopic (exact) mass is 250 g/mol. The van der Waals surface area contributed by atoms with Crippen molar-refractivity contribution in [3.63, 3.8) is 0 Å². The number of rotatable bonds is 4. The van der Waals surface area contributed by atoms with Gasteiger partial charge in [-0.1, -0.05) is 6.07 Å². The van der Waals surface area contributed by atoms with Gasteiger partial charge in [0.2, 0.25) is 0 Å². The summed E-state index contributed by atoms with van der Waals surface area (Å²) >= 11 is 1.56. The Labute approximate surface area is 103 Å². The number of ether oxygens (including phenoxy) is 1. The molecule has 1 heterocycles. The lowest BCUT2D eigenvalue weighted by Crippen LogP contribution is -2.01. The number of Topliss-reactive ketones (excluding diaryl/α,β-unsaturated/α-hetero) is 1. The maximum absolute atomic E-state index is 13.1. The molecule has 1 aromatic heterocycles. The van der Waals surface area contributed by atoms with Crippen LogP contribution in [0.2, 0.25) is 0 Å². The molecular weight excluding hydrogens is 239 g/mol. The smallest absolute Gasteiger partial charge is 0.163 e. The van der Waals surface area contributed by atoms with E-state index in [9.17, 15) is 9.18 Å². The number of carbonyl (C=O) groups excluding carboxylic acids is 1. The van der Waals surface area contributed by atoms with Crippen molar-refractivity contribution in [2.45, 2.75) is 13.5 Å². The van der Waals surface area contributed by atoms with Crippen LogP contribution in [0.25, 0.3) is 0 Å². The molecule has 0 spiro atoms. The summed E-state index contributed by atoms with van der Waals surface area (Å²) in [6.45, 7) is 1.78. The Morgan fingerprint density at radius 1 is 1.41 bits per heavy atom. The zero-order chi connectivity index (χ0) is 12.3. The van der Waals surface area contributed by atoms with E-state index in [0.29, 0.717) is 17.9 Å². The number of carbonyl (C=O) groups is 1. The van der Waals surface area contributed by atoms with E-state index in [1.807, 2.05) is 17.5 Å². The van der Waals surface area contributed by atoms with Crippen LogP contribution in [0, 0.1) is 5.82 Å². The molecule has 0 N–H and O–H groups in total. The number of hydrogen-bond donors (Lipinski definition) is 0. The molecule has 4 heteroatoms. The van der Waals surface area contributed by atoms with Gasteiger partial charge in [-0.25, -0.2) is 4.39 Å². The molecule has 0 aliphatic carbocycles. The van der Waals surface area contributed by atoms with Crippen LogP contribution >= 0.6 is 11.3 Å². The third-order valence-electron chi connectivity index (χ3n) is 2.27. The van der Waals surface area contributed by atoms with Crippen LogP contribution in [-0.2, 0) is 6.61 Å². The second-order valence-electron chi connectivity index (χ2n) is 3.56. The summed E-state index contributed by atoms with van der Waals surface area (Å²) < 4.78 is 18.6. The Hall–Kier alpha value is -1.68. The van der Waals surface area contributed by atoms with Gasteiger partial charge in [0.15, 0.2) is 5.78 Å². The van der Waals surface area contributed by atoms with Crippen LogP contribution in [0.5, 0.6) is 5.75 Å². The molecule has 0 atom stereocenters. The molecule has 0 amide bonds. The summed E-state index contributed by atoms with van der Waals surface area (Å²) in [5.74, 6) is -0.242. The zero-order valence-electron chi connectivity index (χ0n) is 9.27. The van der Waals surface area contributed by atoms with Crippen LogP contribution < -0.4 is 4.74 Å². The second kappa shape index (κ2) is 5.10. The molecule has 88 valence electrons. The van der Waals surface area contributed by atoms with Crippen molar-refractivity contribution in [2.75, 3.05) is 0 Å². The number of benzene rings is 1. The van der Waals surface area contributed by atoms with Gasteiger partial charge in [0.05, 0.1) is 5.56 Å². The maximum Gasteiger partial charge on any atom is 0.163 e. The van der Waals surface area contributed by atoms with E-state index in [1.54, 1.807) is 11.3 Å². The van der Waals surface area contributed by atoms with E-state index in [1.165, 1.54) is 25.1 Å². The van der Waals surface area contributed by atoms with Crippen LogP contribution in [0.4, 0.5) is 4.39 Å². The summed E-state index contributed by atoms with van der Waals surface area (Å²) in [5, 5.41) is 1.94. The highest BCUT2D eigenvalue weighted by Crippen LogP contribution is 2.22. The molecule has 2 aromatic rings. The molecule has 0 unspecified atom stereocenters. The summed E-state index contributed by atoms with van der Waals surface area (Å²) in [6.07, 6.45) is 0. The molecule has 0 saturated carbocycles. The first-order valence-electron chi connectivity index (χ1n) is 5.12. The molecule has 0 bridgehead atoms. The minimum atomic E-state index is -0.406. The minimum absolute atomic E-state index is 0.133. The van der Waals surface area contributed by atoms with Gasteiger partial charge in [-0.3, -0.25) is 4.79 Å². The predicted molar refractivity (Wildman–Crippen MR) is 65.1 cm³/mol. The Kier molecular flexibility index (Phi) is 3.54. The van der Waals surface area contributed by atoms with Crippen molar-refractivity contribution in [3.8, 4) is 5.75 Å². The Balaban J connectivity index is 2.19. The molecule has 1 aromatic carbocycles. The van der Waals surface area contributed by atoms with E-state index >= 15 is 0 Å². The first-order valence-corrected chi connectivity index (χ1v) is 6.00. The first-order chi connectivity index (χ1) is 8.16. The normalized spacial score (nSPS) is 10.2. The lowest BCUT2D eigenvalue weighted by atomic mass is 10.1. The standard InChI is InChI=1S/C13H11FO2S/c1-9(15)12-5-4-10(14)7-13(12)16-8-11-3-2-6-17-11/h2-7H,8H2,1H3. The molecule has 0 fully saturated rings. The Bertz CT molecular complexity index is 520. The third-order valence-corrected chi connectivity index (χ3v) is 3.12. The first kappa shape index (κ1) is 11.8. The highest BCUT2D eigenvalue weighted by atomic mass is 32.1. The fourth-order valence-corrected chi connectivity index (χ4v) is 2.07. The van der Waals surface area contributed by atoms with Crippen LogP contribution in [0.3, 0.4) is 0 Å². The molecule has 2 nitrogen and oxygen atoms in total. The molecule has 0 aliphatic heterocycles. The van der Waals surface area contributed by atoms with Gasteiger partial charge >= 0.3 is 0 Å². The van der Waals surface area contributed by atoms with E-state index in [0.717, 1.165) is 4.88 Å². The topological polar surface area (TPSA) is 26.3 Å². The summed E-state index contributed by atoms with van der Waals surface area (Å²) in [6, 6.07) is 7.79. The minimum Gasteiger partial charge on any atom is -0.487 e. The average Bonchev–Trinajstić information content (AvgIpc) is 2.78. The van der Waals surface area contributed by atoms with Crippen LogP contribution in [-0.4, -0.2) is 5.78 Å². The van der Waals surface area contributed by atoms with E-state index < -0.39 is 5.82 Å². The molecule has 17 heavy (non-hydrogen) atoms. The van der Waals surface area contributed by atoms with Gasteiger partial charge in [0, 0.05) is 10.9 Å². The second-order valence-corrected chi connectivity index (χ2v) is 4.60. The highest BCUT2D eigenvalue weighted by molar-refractivity contribution is 7.09. The van der Waals surface area contributed by atoms with Gasteiger partial charge < -0.3 is 4.74 Å². The number of hydrogen-bond acceptors (Lipinski definition) is 3. The lowest BCUT2D eigenvalue weighted by molar-refractivity contribution is 0.101. The van der Waals surface area contributed by atoms with Gasteiger partial charge in [0.25, 0.3) is 0 Å². The predicted octanol–water partition coefficient (Wildman–Crippen LogP) is 3.67. The van der Waals surface area contributed by atoms with Crippen LogP contribution in [0.1, 0.15) is 22.2 Å². The maximum atomic E-state index is 13.1. The zero-order valence-corrected chi connectivity index (χ0v) is 10.1. The fourth-order valence-electron chi connectivity index (χ4n) is 1.45. The van der Waals surface area contributed by atoms with Gasteiger partial charge in [-0.2, -0.15) is 0 Å². The lowest BCUT2D eigenvalue weighted by Gasteiger charge is -2.08. The summed E-state index contributed by atoms with van der Waals surface area (Å²) in [5.41, 5.74) is 0.406. The Morgan fingerprint density at radius 3 is 2.88 bits per heavy atom. The third kappa shape index (κ3) is 2.91. The fraction of sp³-hybridized carbons (Fsp3) is 0.154. The van der Waals surface area contributed by atoms with Crippen LogP contribution in [0.15, 0.2) is 35.7 Å². The average molecular weight is 250 g/mol. The highest BCUT2D eigenvalue weighted by Gasteiger charge is 2.10. The van der Waals surface area contributed by atoms with Crippen molar-refractivity contribution in [2.24, 2.45) is 0 Å². The number of halogens is 1. The summed E-state index contributed by atoms with van der Waals surface area (Å²) in [7, 11) is 0. The van der Waals surface area contributed by atoms with E-state index in [-0.39, 0.29) is 5.78 Å². The van der Waals surface area contributed by atoms with Gasteiger partial charge in [-0.15, -0.1) is 11.3 Å². The molecular formula is C13H11FO2S.